The first-order chi connectivity index (χ1) is 14.0. The van der Waals surface area contributed by atoms with E-state index < -0.39 is 0 Å². The molecule has 0 fully saturated rings. The van der Waals surface area contributed by atoms with Crippen LogP contribution in [0.2, 0.25) is 0 Å². The van der Waals surface area contributed by atoms with Gasteiger partial charge in [-0.15, -0.1) is 0 Å². The van der Waals surface area contributed by atoms with Gasteiger partial charge in [0.05, 0.1) is 5.71 Å². The second-order valence-electron chi connectivity index (χ2n) is 6.64. The molecule has 148 valence electrons. The van der Waals surface area contributed by atoms with Gasteiger partial charge in [0.15, 0.2) is 5.16 Å². The number of hydrogen-bond donors (Lipinski definition) is 1. The quantitative estimate of drug-likeness (QED) is 0.262. The third-order valence-corrected chi connectivity index (χ3v) is 5.20. The number of rotatable bonds is 7. The number of hydrazone groups is 1. The van der Waals surface area contributed by atoms with E-state index in [1.54, 1.807) is 11.8 Å². The highest BCUT2D eigenvalue weighted by atomic mass is 32.2. The molecule has 3 aromatic rings. The number of aryl methyl sites for hydroxylation is 2. The van der Waals surface area contributed by atoms with Crippen LogP contribution in [0.5, 0.6) is 0 Å². The maximum absolute atomic E-state index is 12.4. The molecule has 1 amide bonds. The number of benzene rings is 2. The van der Waals surface area contributed by atoms with Gasteiger partial charge in [-0.05, 0) is 49.6 Å². The average Bonchev–Trinajstić information content (AvgIpc) is 2.73. The number of thioether (sulfide) groups is 1. The minimum absolute atomic E-state index is 0.219. The third kappa shape index (κ3) is 5.99. The highest BCUT2D eigenvalue weighted by molar-refractivity contribution is 7.98. The van der Waals surface area contributed by atoms with Gasteiger partial charge in [-0.2, -0.15) is 5.10 Å². The van der Waals surface area contributed by atoms with E-state index in [1.807, 2.05) is 81.4 Å². The van der Waals surface area contributed by atoms with Gasteiger partial charge in [0, 0.05) is 22.7 Å². The summed E-state index contributed by atoms with van der Waals surface area (Å²) in [5.41, 5.74) is 8.14. The van der Waals surface area contributed by atoms with Crippen molar-refractivity contribution in [2.75, 3.05) is 0 Å². The maximum Gasteiger partial charge on any atom is 0.271 e. The van der Waals surface area contributed by atoms with Gasteiger partial charge in [0.2, 0.25) is 0 Å². The van der Waals surface area contributed by atoms with E-state index in [9.17, 15) is 4.79 Å². The van der Waals surface area contributed by atoms with Crippen molar-refractivity contribution in [2.45, 2.75) is 38.1 Å². The Morgan fingerprint density at radius 3 is 2.24 bits per heavy atom. The summed E-state index contributed by atoms with van der Waals surface area (Å²) < 4.78 is 0. The molecule has 0 aliphatic heterocycles. The molecule has 0 aliphatic rings. The molecular formula is C23H24N4OS. The molecule has 0 radical (unpaired) electrons. The lowest BCUT2D eigenvalue weighted by Gasteiger charge is -2.06. The third-order valence-electron chi connectivity index (χ3n) is 4.28. The van der Waals surface area contributed by atoms with E-state index in [0.717, 1.165) is 45.6 Å². The number of nitrogens with zero attached hydrogens (tertiary/aromatic N) is 3. The van der Waals surface area contributed by atoms with E-state index in [4.69, 9.17) is 0 Å². The van der Waals surface area contributed by atoms with Gasteiger partial charge in [-0.1, -0.05) is 61.2 Å². The first kappa shape index (κ1) is 20.7. The molecular weight excluding hydrogens is 380 g/mol. The molecule has 0 unspecified atom stereocenters. The molecule has 0 saturated carbocycles. The van der Waals surface area contributed by atoms with Crippen molar-refractivity contribution >= 4 is 23.4 Å². The van der Waals surface area contributed by atoms with Gasteiger partial charge in [0.25, 0.3) is 5.91 Å². The molecule has 1 heterocycles. The highest BCUT2D eigenvalue weighted by Gasteiger charge is 2.07. The van der Waals surface area contributed by atoms with Crippen LogP contribution in [0, 0.1) is 13.8 Å². The summed E-state index contributed by atoms with van der Waals surface area (Å²) in [5, 5.41) is 5.07. The van der Waals surface area contributed by atoms with Crippen LogP contribution in [0.4, 0.5) is 0 Å². The molecule has 29 heavy (non-hydrogen) atoms. The van der Waals surface area contributed by atoms with E-state index in [1.165, 1.54) is 0 Å². The first-order valence-electron chi connectivity index (χ1n) is 9.51. The van der Waals surface area contributed by atoms with E-state index >= 15 is 0 Å². The number of nitrogens with one attached hydrogen (secondary N) is 1. The molecule has 0 aliphatic carbocycles. The molecule has 0 bridgehead atoms. The Hall–Kier alpha value is -2.99. The molecule has 5 nitrogen and oxygen atoms in total. The fourth-order valence-corrected chi connectivity index (χ4v) is 3.72. The van der Waals surface area contributed by atoms with Gasteiger partial charge in [-0.3, -0.25) is 4.79 Å². The van der Waals surface area contributed by atoms with Crippen LogP contribution in [0.15, 0.2) is 70.9 Å². The lowest BCUT2D eigenvalue weighted by atomic mass is 10.1. The fraction of sp³-hybridized carbons (Fsp3) is 0.217. The molecule has 3 rings (SSSR count). The van der Waals surface area contributed by atoms with Crippen LogP contribution in [-0.4, -0.2) is 21.6 Å². The van der Waals surface area contributed by atoms with Gasteiger partial charge < -0.3 is 0 Å². The normalized spacial score (nSPS) is 11.3. The fourth-order valence-electron chi connectivity index (χ4n) is 2.82. The summed E-state index contributed by atoms with van der Waals surface area (Å²) in [7, 11) is 0. The molecule has 0 atom stereocenters. The van der Waals surface area contributed by atoms with Crippen LogP contribution in [0.25, 0.3) is 0 Å². The van der Waals surface area contributed by atoms with Gasteiger partial charge in [0.1, 0.15) is 0 Å². The maximum atomic E-state index is 12.4. The highest BCUT2D eigenvalue weighted by Crippen LogP contribution is 2.20. The second kappa shape index (κ2) is 9.98. The van der Waals surface area contributed by atoms with Crippen LogP contribution in [0.3, 0.4) is 0 Å². The Balaban J connectivity index is 1.60. The minimum atomic E-state index is -0.219. The van der Waals surface area contributed by atoms with Gasteiger partial charge >= 0.3 is 0 Å². The zero-order valence-corrected chi connectivity index (χ0v) is 17.7. The lowest BCUT2D eigenvalue weighted by Crippen LogP contribution is -2.20. The number of carbonyl (C=O) groups excluding carboxylic acids is 1. The molecule has 0 saturated heterocycles. The number of aromatic nitrogens is 2. The van der Waals surface area contributed by atoms with Gasteiger partial charge in [-0.25, -0.2) is 15.4 Å². The Kier molecular flexibility index (Phi) is 7.14. The van der Waals surface area contributed by atoms with Crippen LogP contribution < -0.4 is 5.43 Å². The van der Waals surface area contributed by atoms with Crippen LogP contribution in [-0.2, 0) is 5.75 Å². The molecule has 1 aromatic heterocycles. The SMILES string of the molecule is CC/C(=N\NC(=O)c1ccc(CSc2nc(C)cc(C)n2)cc1)c1ccccc1. The summed E-state index contributed by atoms with van der Waals surface area (Å²) in [6.07, 6.45) is 0.737. The van der Waals surface area contributed by atoms with Crippen molar-refractivity contribution in [1.29, 1.82) is 0 Å². The van der Waals surface area contributed by atoms with Crippen molar-refractivity contribution in [2.24, 2.45) is 5.10 Å². The first-order valence-corrected chi connectivity index (χ1v) is 10.5. The predicted molar refractivity (Wildman–Crippen MR) is 118 cm³/mol. The minimum Gasteiger partial charge on any atom is -0.267 e. The van der Waals surface area contributed by atoms with Crippen molar-refractivity contribution in [1.82, 2.24) is 15.4 Å². The van der Waals surface area contributed by atoms with Crippen molar-refractivity contribution in [3.8, 4) is 0 Å². The molecule has 1 N–H and O–H groups in total. The second-order valence-corrected chi connectivity index (χ2v) is 7.58. The van der Waals surface area contributed by atoms with E-state index in [2.05, 4.69) is 20.5 Å². The van der Waals surface area contributed by atoms with Crippen molar-refractivity contribution in [3.05, 3.63) is 88.7 Å². The Morgan fingerprint density at radius 1 is 0.966 bits per heavy atom. The topological polar surface area (TPSA) is 67.2 Å². The van der Waals surface area contributed by atoms with E-state index in [-0.39, 0.29) is 5.91 Å². The standard InChI is InChI=1S/C23H24N4OS/c1-4-21(19-8-6-5-7-9-19)26-27-22(28)20-12-10-18(11-13-20)15-29-23-24-16(2)14-17(3)25-23/h5-14H,4,15H2,1-3H3,(H,27,28)/b26-21+. The molecule has 6 heteroatoms. The molecule has 2 aromatic carbocycles. The van der Waals surface area contributed by atoms with Crippen molar-refractivity contribution in [3.63, 3.8) is 0 Å². The molecule has 0 spiro atoms. The Bertz CT molecular complexity index is 981. The summed E-state index contributed by atoms with van der Waals surface area (Å²) in [4.78, 5) is 21.3. The summed E-state index contributed by atoms with van der Waals surface area (Å²) in [6, 6.07) is 19.3. The number of hydrogen-bond acceptors (Lipinski definition) is 5. The summed E-state index contributed by atoms with van der Waals surface area (Å²) >= 11 is 1.59. The number of carbonyl (C=O) groups is 1. The monoisotopic (exact) mass is 404 g/mol. The average molecular weight is 405 g/mol. The summed E-state index contributed by atoms with van der Waals surface area (Å²) in [6.45, 7) is 5.96. The zero-order valence-electron chi connectivity index (χ0n) is 16.8. The zero-order chi connectivity index (χ0) is 20.6. The largest absolute Gasteiger partial charge is 0.271 e. The lowest BCUT2D eigenvalue weighted by molar-refractivity contribution is 0.0955. The Labute approximate surface area is 175 Å². The van der Waals surface area contributed by atoms with Crippen LogP contribution >= 0.6 is 11.8 Å². The number of amides is 1. The van der Waals surface area contributed by atoms with E-state index in [0.29, 0.717) is 5.56 Å². The smallest absolute Gasteiger partial charge is 0.267 e. The summed E-state index contributed by atoms with van der Waals surface area (Å²) in [5.74, 6) is 0.528. The van der Waals surface area contributed by atoms with Crippen molar-refractivity contribution < 1.29 is 4.79 Å². The van der Waals surface area contributed by atoms with Crippen LogP contribution in [0.1, 0.15) is 46.2 Å². The Morgan fingerprint density at radius 2 is 1.62 bits per heavy atom. The predicted octanol–water partition coefficient (Wildman–Crippen LogP) is 4.93.